The highest BCUT2D eigenvalue weighted by Gasteiger charge is 2.30. The molecule has 1 aliphatic heterocycles. The minimum absolute atomic E-state index is 0.0256. The molecule has 152 valence electrons. The molecule has 1 N–H and O–H groups in total. The van der Waals surface area contributed by atoms with Gasteiger partial charge in [0.25, 0.3) is 5.69 Å². The molecule has 1 heterocycles. The smallest absolute Gasteiger partial charge is 0.290 e. The third-order valence-corrected chi connectivity index (χ3v) is 6.97. The lowest BCUT2D eigenvalue weighted by molar-refractivity contribution is -0.387. The lowest BCUT2D eigenvalue weighted by atomic mass is 10.3. The Bertz CT molecular complexity index is 905. The van der Waals surface area contributed by atoms with Gasteiger partial charge in [0.1, 0.15) is 4.90 Å². The van der Waals surface area contributed by atoms with Crippen molar-refractivity contribution in [3.63, 3.8) is 0 Å². The number of nitrogens with zero attached hydrogens (tertiary/aromatic N) is 2. The van der Waals surface area contributed by atoms with E-state index in [1.807, 2.05) is 0 Å². The molecule has 0 saturated carbocycles. The van der Waals surface area contributed by atoms with Crippen LogP contribution in [0.2, 0.25) is 0 Å². The summed E-state index contributed by atoms with van der Waals surface area (Å²) in [7, 11) is -7.26. The zero-order valence-electron chi connectivity index (χ0n) is 15.3. The first-order chi connectivity index (χ1) is 12.4. The molecule has 1 aromatic carbocycles. The summed E-state index contributed by atoms with van der Waals surface area (Å²) in [6.45, 7) is 4.19. The van der Waals surface area contributed by atoms with Crippen LogP contribution in [0.25, 0.3) is 0 Å². The van der Waals surface area contributed by atoms with Crippen LogP contribution in [0.3, 0.4) is 0 Å². The van der Waals surface area contributed by atoms with Crippen molar-refractivity contribution in [3.8, 4) is 0 Å². The van der Waals surface area contributed by atoms with E-state index in [4.69, 9.17) is 4.74 Å². The highest BCUT2D eigenvalue weighted by molar-refractivity contribution is 7.90. The second kappa shape index (κ2) is 8.09. The predicted molar refractivity (Wildman–Crippen MR) is 100 cm³/mol. The Morgan fingerprint density at radius 2 is 1.81 bits per heavy atom. The molecule has 1 saturated heterocycles. The highest BCUT2D eigenvalue weighted by Crippen LogP contribution is 2.27. The van der Waals surface area contributed by atoms with Crippen LogP contribution in [-0.2, 0) is 24.6 Å². The topological polar surface area (TPSA) is 136 Å². The molecule has 10 nitrogen and oxygen atoms in total. The molecule has 2 atom stereocenters. The number of benzene rings is 1. The van der Waals surface area contributed by atoms with Crippen molar-refractivity contribution in [1.29, 1.82) is 0 Å². The first-order valence-electron chi connectivity index (χ1n) is 8.26. The van der Waals surface area contributed by atoms with E-state index in [1.165, 1.54) is 10.4 Å². The van der Waals surface area contributed by atoms with Gasteiger partial charge in [0.05, 0.1) is 22.9 Å². The standard InChI is InChI=1S/C15H23N3O7S2/c1-11-9-17(10-12(2)25-11)27(23,24)7-6-16-13-4-5-15(26(3,21)22)14(8-13)18(19)20/h4-5,8,11-12,16H,6-7,9-10H2,1-3H3/t11-,12-/m0/s1. The van der Waals surface area contributed by atoms with E-state index in [1.54, 1.807) is 13.8 Å². The van der Waals surface area contributed by atoms with Crippen LogP contribution in [0.4, 0.5) is 11.4 Å². The van der Waals surface area contributed by atoms with Gasteiger partial charge in [0, 0.05) is 37.6 Å². The number of rotatable bonds is 7. The van der Waals surface area contributed by atoms with Crippen molar-refractivity contribution in [3.05, 3.63) is 28.3 Å². The Balaban J connectivity index is 2.06. The molecule has 1 aromatic rings. The van der Waals surface area contributed by atoms with E-state index >= 15 is 0 Å². The van der Waals surface area contributed by atoms with Crippen LogP contribution in [-0.4, -0.2) is 69.9 Å². The summed E-state index contributed by atoms with van der Waals surface area (Å²) >= 11 is 0. The highest BCUT2D eigenvalue weighted by atomic mass is 32.2. The van der Waals surface area contributed by atoms with E-state index in [0.717, 1.165) is 18.4 Å². The number of nitro groups is 1. The van der Waals surface area contributed by atoms with Gasteiger partial charge >= 0.3 is 0 Å². The number of ether oxygens (including phenoxy) is 1. The van der Waals surface area contributed by atoms with Crippen LogP contribution < -0.4 is 5.32 Å². The third kappa shape index (κ3) is 5.61. The van der Waals surface area contributed by atoms with Crippen LogP contribution in [0, 0.1) is 10.1 Å². The molecular formula is C15H23N3O7S2. The lowest BCUT2D eigenvalue weighted by Crippen LogP contribution is -2.49. The van der Waals surface area contributed by atoms with E-state index in [2.05, 4.69) is 5.32 Å². The van der Waals surface area contributed by atoms with Crippen LogP contribution in [0.1, 0.15) is 13.8 Å². The monoisotopic (exact) mass is 421 g/mol. The van der Waals surface area contributed by atoms with Gasteiger partial charge < -0.3 is 10.1 Å². The Morgan fingerprint density at radius 1 is 1.22 bits per heavy atom. The summed E-state index contributed by atoms with van der Waals surface area (Å²) in [5.41, 5.74) is -0.283. The maximum absolute atomic E-state index is 12.5. The van der Waals surface area contributed by atoms with Crippen LogP contribution >= 0.6 is 0 Å². The average molecular weight is 421 g/mol. The van der Waals surface area contributed by atoms with Crippen molar-refractivity contribution in [2.24, 2.45) is 0 Å². The van der Waals surface area contributed by atoms with Gasteiger partial charge in [0.15, 0.2) is 9.84 Å². The number of anilines is 1. The SMILES string of the molecule is C[C@H]1CN(S(=O)(=O)CCNc2ccc(S(C)(=O)=O)c([N+](=O)[O-])c2)C[C@H](C)O1. The average Bonchev–Trinajstić information content (AvgIpc) is 2.52. The lowest BCUT2D eigenvalue weighted by Gasteiger charge is -2.34. The fraction of sp³-hybridized carbons (Fsp3) is 0.600. The number of hydrogen-bond acceptors (Lipinski definition) is 8. The van der Waals surface area contributed by atoms with Crippen molar-refractivity contribution in [2.45, 2.75) is 31.0 Å². The van der Waals surface area contributed by atoms with Crippen molar-refractivity contribution >= 4 is 31.2 Å². The first-order valence-corrected chi connectivity index (χ1v) is 11.8. The summed E-state index contributed by atoms with van der Waals surface area (Å²) in [6.07, 6.45) is 0.504. The second-order valence-electron chi connectivity index (χ2n) is 6.53. The van der Waals surface area contributed by atoms with Gasteiger partial charge in [-0.1, -0.05) is 0 Å². The van der Waals surface area contributed by atoms with Crippen molar-refractivity contribution in [2.75, 3.05) is 37.0 Å². The summed E-state index contributed by atoms with van der Waals surface area (Å²) < 4.78 is 55.1. The summed E-state index contributed by atoms with van der Waals surface area (Å²) in [4.78, 5) is 9.95. The Hall–Kier alpha value is -1.76. The minimum atomic E-state index is -3.75. The zero-order valence-corrected chi connectivity index (χ0v) is 16.9. The molecular weight excluding hydrogens is 398 g/mol. The molecule has 0 amide bonds. The number of sulfonamides is 1. The van der Waals surface area contributed by atoms with E-state index in [9.17, 15) is 26.9 Å². The van der Waals surface area contributed by atoms with Gasteiger partial charge in [0.2, 0.25) is 10.0 Å². The molecule has 12 heteroatoms. The van der Waals surface area contributed by atoms with Crippen molar-refractivity contribution in [1.82, 2.24) is 4.31 Å². The summed E-state index contributed by atoms with van der Waals surface area (Å²) in [5, 5.41) is 13.9. The molecule has 27 heavy (non-hydrogen) atoms. The van der Waals surface area contributed by atoms with Gasteiger partial charge in [-0.2, -0.15) is 4.31 Å². The molecule has 0 bridgehead atoms. The number of morpholine rings is 1. The summed E-state index contributed by atoms with van der Waals surface area (Å²) in [6, 6.07) is 3.59. The molecule has 0 aromatic heterocycles. The van der Waals surface area contributed by atoms with E-state index < -0.39 is 30.5 Å². The molecule has 0 spiro atoms. The molecule has 1 aliphatic rings. The van der Waals surface area contributed by atoms with Gasteiger partial charge in [-0.15, -0.1) is 0 Å². The molecule has 0 unspecified atom stereocenters. The molecule has 0 aliphatic carbocycles. The fourth-order valence-corrected chi connectivity index (χ4v) is 5.22. The Morgan fingerprint density at radius 3 is 2.33 bits per heavy atom. The third-order valence-electron chi connectivity index (χ3n) is 4.02. The van der Waals surface area contributed by atoms with E-state index in [0.29, 0.717) is 0 Å². The van der Waals surface area contributed by atoms with Gasteiger partial charge in [-0.3, -0.25) is 10.1 Å². The number of sulfone groups is 1. The number of nitro benzene ring substituents is 1. The van der Waals surface area contributed by atoms with E-state index in [-0.39, 0.29) is 48.2 Å². The predicted octanol–water partition coefficient (Wildman–Crippen LogP) is 0.849. The van der Waals surface area contributed by atoms with Gasteiger partial charge in [-0.25, -0.2) is 16.8 Å². The second-order valence-corrected chi connectivity index (χ2v) is 10.6. The number of hydrogen-bond donors (Lipinski definition) is 1. The van der Waals surface area contributed by atoms with Crippen LogP contribution in [0.15, 0.2) is 23.1 Å². The fourth-order valence-electron chi connectivity index (χ4n) is 2.89. The maximum atomic E-state index is 12.5. The maximum Gasteiger partial charge on any atom is 0.290 e. The molecule has 2 rings (SSSR count). The van der Waals surface area contributed by atoms with Gasteiger partial charge in [-0.05, 0) is 26.0 Å². The van der Waals surface area contributed by atoms with Crippen LogP contribution in [0.5, 0.6) is 0 Å². The van der Waals surface area contributed by atoms with Crippen molar-refractivity contribution < 1.29 is 26.5 Å². The summed E-state index contributed by atoms with van der Waals surface area (Å²) in [5.74, 6) is -0.200. The largest absolute Gasteiger partial charge is 0.384 e. The molecule has 1 fully saturated rings. The Labute approximate surface area is 158 Å². The molecule has 0 radical (unpaired) electrons. The normalized spacial score (nSPS) is 21.7. The number of nitrogens with one attached hydrogen (secondary N) is 1. The Kier molecular flexibility index (Phi) is 6.45. The minimum Gasteiger partial charge on any atom is -0.384 e. The first kappa shape index (κ1) is 21.5. The quantitative estimate of drug-likeness (QED) is 0.505. The zero-order chi connectivity index (χ0) is 20.4.